The number of carbonyl (C=O) groups is 1. The number of rotatable bonds is 5. The first-order valence-corrected chi connectivity index (χ1v) is 8.80. The maximum Gasteiger partial charge on any atom is 0.260 e. The van der Waals surface area contributed by atoms with Crippen molar-refractivity contribution < 1.29 is 13.2 Å². The molecular formula is C11H15N5O3S2. The molecule has 1 saturated heterocycles. The Morgan fingerprint density at radius 2 is 2.38 bits per heavy atom. The van der Waals surface area contributed by atoms with Gasteiger partial charge in [-0.25, -0.2) is 18.1 Å². The number of hydrogen-bond acceptors (Lipinski definition) is 6. The maximum atomic E-state index is 12.5. The smallest absolute Gasteiger partial charge is 0.260 e. The molecule has 1 aliphatic rings. The van der Waals surface area contributed by atoms with E-state index in [0.29, 0.717) is 23.6 Å². The third kappa shape index (κ3) is 2.61. The van der Waals surface area contributed by atoms with Crippen molar-refractivity contribution in [1.29, 1.82) is 0 Å². The average Bonchev–Trinajstić information content (AvgIpc) is 3.10. The SMILES string of the molecule is CNc1nc2sccn2c1S(=O)(=O)NCC1CCC(=O)N1. The molecule has 3 rings (SSSR count). The van der Waals surface area contributed by atoms with Crippen LogP contribution in [0.25, 0.3) is 4.96 Å². The zero-order valence-electron chi connectivity index (χ0n) is 11.3. The highest BCUT2D eigenvalue weighted by Gasteiger charge is 2.28. The Labute approximate surface area is 125 Å². The first-order chi connectivity index (χ1) is 10.0. The van der Waals surface area contributed by atoms with Crippen LogP contribution in [-0.4, -0.2) is 43.3 Å². The molecule has 1 atom stereocenters. The number of thiazole rings is 1. The van der Waals surface area contributed by atoms with E-state index in [2.05, 4.69) is 20.3 Å². The number of anilines is 1. The molecule has 2 aromatic heterocycles. The van der Waals surface area contributed by atoms with Crippen LogP contribution in [0.3, 0.4) is 0 Å². The van der Waals surface area contributed by atoms with Gasteiger partial charge < -0.3 is 10.6 Å². The summed E-state index contributed by atoms with van der Waals surface area (Å²) in [5.41, 5.74) is 0. The highest BCUT2D eigenvalue weighted by atomic mass is 32.2. The zero-order valence-corrected chi connectivity index (χ0v) is 12.9. The van der Waals surface area contributed by atoms with E-state index in [4.69, 9.17) is 0 Å². The van der Waals surface area contributed by atoms with Crippen LogP contribution in [0.15, 0.2) is 16.6 Å². The third-order valence-corrected chi connectivity index (χ3v) is 5.52. The monoisotopic (exact) mass is 329 g/mol. The molecule has 8 nitrogen and oxygen atoms in total. The first kappa shape index (κ1) is 14.3. The molecule has 21 heavy (non-hydrogen) atoms. The lowest BCUT2D eigenvalue weighted by Gasteiger charge is -2.12. The van der Waals surface area contributed by atoms with Gasteiger partial charge in [-0.2, -0.15) is 0 Å². The molecule has 2 aromatic rings. The second-order valence-electron chi connectivity index (χ2n) is 4.73. The minimum atomic E-state index is -3.72. The maximum absolute atomic E-state index is 12.5. The fraction of sp³-hybridized carbons (Fsp3) is 0.455. The molecule has 1 unspecified atom stereocenters. The van der Waals surface area contributed by atoms with E-state index in [9.17, 15) is 13.2 Å². The van der Waals surface area contributed by atoms with E-state index in [1.54, 1.807) is 18.6 Å². The summed E-state index contributed by atoms with van der Waals surface area (Å²) in [5, 5.41) is 7.39. The number of aromatic nitrogens is 2. The van der Waals surface area contributed by atoms with E-state index in [-0.39, 0.29) is 23.5 Å². The summed E-state index contributed by atoms with van der Waals surface area (Å²) >= 11 is 1.36. The van der Waals surface area contributed by atoms with Crippen LogP contribution < -0.4 is 15.4 Å². The third-order valence-electron chi connectivity index (χ3n) is 3.31. The average molecular weight is 329 g/mol. The molecule has 0 aromatic carbocycles. The summed E-state index contributed by atoms with van der Waals surface area (Å²) < 4.78 is 29.1. The summed E-state index contributed by atoms with van der Waals surface area (Å²) in [6.07, 6.45) is 2.75. The molecule has 1 fully saturated rings. The molecule has 0 aliphatic carbocycles. The van der Waals surface area contributed by atoms with Crippen molar-refractivity contribution in [2.24, 2.45) is 0 Å². The second-order valence-corrected chi connectivity index (χ2v) is 7.28. The lowest BCUT2D eigenvalue weighted by Crippen LogP contribution is -2.38. The minimum Gasteiger partial charge on any atom is -0.371 e. The van der Waals surface area contributed by atoms with Gasteiger partial charge in [0.05, 0.1) is 0 Å². The van der Waals surface area contributed by atoms with E-state index < -0.39 is 10.0 Å². The largest absolute Gasteiger partial charge is 0.371 e. The Hall–Kier alpha value is -1.65. The fourth-order valence-electron chi connectivity index (χ4n) is 2.29. The fourth-order valence-corrected chi connectivity index (χ4v) is 4.43. The zero-order chi connectivity index (χ0) is 15.0. The molecule has 0 radical (unpaired) electrons. The van der Waals surface area contributed by atoms with Gasteiger partial charge in [-0.15, -0.1) is 11.3 Å². The predicted octanol–water partition coefficient (Wildman–Crippen LogP) is -0.00560. The topological polar surface area (TPSA) is 105 Å². The summed E-state index contributed by atoms with van der Waals surface area (Å²) in [6, 6.07) is -0.156. The number of nitrogens with zero attached hydrogens (tertiary/aromatic N) is 2. The number of carbonyl (C=O) groups excluding carboxylic acids is 1. The highest BCUT2D eigenvalue weighted by Crippen LogP contribution is 2.25. The first-order valence-electron chi connectivity index (χ1n) is 6.43. The Morgan fingerprint density at radius 3 is 3.05 bits per heavy atom. The van der Waals surface area contributed by atoms with Gasteiger partial charge in [0.2, 0.25) is 5.91 Å². The molecule has 1 aliphatic heterocycles. The van der Waals surface area contributed by atoms with Crippen molar-refractivity contribution in [3.63, 3.8) is 0 Å². The summed E-state index contributed by atoms with van der Waals surface area (Å²) in [6.45, 7) is 0.175. The molecule has 3 heterocycles. The van der Waals surface area contributed by atoms with Crippen molar-refractivity contribution in [2.75, 3.05) is 18.9 Å². The summed E-state index contributed by atoms with van der Waals surface area (Å²) in [5.74, 6) is 0.268. The van der Waals surface area contributed by atoms with Gasteiger partial charge in [-0.05, 0) is 6.42 Å². The number of nitrogens with one attached hydrogen (secondary N) is 3. The van der Waals surface area contributed by atoms with Crippen molar-refractivity contribution in [2.45, 2.75) is 23.9 Å². The van der Waals surface area contributed by atoms with Crippen molar-refractivity contribution >= 4 is 38.0 Å². The Balaban J connectivity index is 1.85. The number of hydrogen-bond donors (Lipinski definition) is 3. The van der Waals surface area contributed by atoms with Gasteiger partial charge in [0.25, 0.3) is 10.0 Å². The Morgan fingerprint density at radius 1 is 1.57 bits per heavy atom. The molecular weight excluding hydrogens is 314 g/mol. The number of imidazole rings is 1. The standard InChI is InChI=1S/C11H15N5O3S2/c1-12-9-10(16-4-5-20-11(16)15-9)21(18,19)13-6-7-2-3-8(17)14-7/h4-5,7,12-13H,2-3,6H2,1H3,(H,14,17). The van der Waals surface area contributed by atoms with Crippen molar-refractivity contribution in [3.8, 4) is 0 Å². The molecule has 114 valence electrons. The van der Waals surface area contributed by atoms with E-state index in [1.807, 2.05) is 0 Å². The molecule has 10 heteroatoms. The molecule has 3 N–H and O–H groups in total. The highest BCUT2D eigenvalue weighted by molar-refractivity contribution is 7.89. The number of fused-ring (bicyclic) bond motifs is 1. The summed E-state index contributed by atoms with van der Waals surface area (Å²) in [7, 11) is -2.09. The molecule has 0 spiro atoms. The molecule has 0 saturated carbocycles. The molecule has 0 bridgehead atoms. The van der Waals surface area contributed by atoms with Crippen molar-refractivity contribution in [3.05, 3.63) is 11.6 Å². The van der Waals surface area contributed by atoms with Crippen molar-refractivity contribution in [1.82, 2.24) is 19.4 Å². The van der Waals surface area contributed by atoms with Gasteiger partial charge in [-0.1, -0.05) is 0 Å². The Kier molecular flexibility index (Phi) is 3.59. The number of amides is 1. The van der Waals surface area contributed by atoms with E-state index in [0.717, 1.165) is 0 Å². The normalized spacial score (nSPS) is 19.1. The van der Waals surface area contributed by atoms with Crippen LogP contribution in [0.1, 0.15) is 12.8 Å². The van der Waals surface area contributed by atoms with Crippen LogP contribution >= 0.6 is 11.3 Å². The van der Waals surface area contributed by atoms with Gasteiger partial charge >= 0.3 is 0 Å². The van der Waals surface area contributed by atoms with Crippen LogP contribution in [0, 0.1) is 0 Å². The van der Waals surface area contributed by atoms with Crippen LogP contribution in [0.5, 0.6) is 0 Å². The van der Waals surface area contributed by atoms with Crippen LogP contribution in [0.4, 0.5) is 5.82 Å². The quantitative estimate of drug-likeness (QED) is 0.716. The van der Waals surface area contributed by atoms with E-state index >= 15 is 0 Å². The van der Waals surface area contributed by atoms with Crippen LogP contribution in [0.2, 0.25) is 0 Å². The second kappa shape index (κ2) is 5.28. The lowest BCUT2D eigenvalue weighted by molar-refractivity contribution is -0.119. The summed E-state index contributed by atoms with van der Waals surface area (Å²) in [4.78, 5) is 16.0. The predicted molar refractivity (Wildman–Crippen MR) is 79.0 cm³/mol. The Bertz CT molecular complexity index is 779. The van der Waals surface area contributed by atoms with Crippen LogP contribution in [-0.2, 0) is 14.8 Å². The van der Waals surface area contributed by atoms with E-state index in [1.165, 1.54) is 15.7 Å². The van der Waals surface area contributed by atoms with Gasteiger partial charge in [0.15, 0.2) is 15.8 Å². The number of sulfonamides is 1. The molecule has 1 amide bonds. The lowest BCUT2D eigenvalue weighted by atomic mass is 10.2. The van der Waals surface area contributed by atoms with Gasteiger partial charge in [0, 0.05) is 37.6 Å². The van der Waals surface area contributed by atoms with Gasteiger partial charge in [0.1, 0.15) is 0 Å². The van der Waals surface area contributed by atoms with Gasteiger partial charge in [-0.3, -0.25) is 9.20 Å². The minimum absolute atomic E-state index is 0.0420.